The van der Waals surface area contributed by atoms with Crippen molar-refractivity contribution in [2.45, 2.75) is 19.4 Å². The van der Waals surface area contributed by atoms with Crippen LogP contribution in [0, 0.1) is 0 Å². The van der Waals surface area contributed by atoms with Crippen molar-refractivity contribution in [2.24, 2.45) is 5.73 Å². The third kappa shape index (κ3) is 3.81. The molecule has 0 spiro atoms. The summed E-state index contributed by atoms with van der Waals surface area (Å²) in [4.78, 5) is 14.9. The third-order valence-electron chi connectivity index (χ3n) is 2.90. The number of carbonyl (C=O) groups excluding carboxylic acids is 1. The highest BCUT2D eigenvalue weighted by Gasteiger charge is 2.05. The highest BCUT2D eigenvalue weighted by Crippen LogP contribution is 2.18. The lowest BCUT2D eigenvalue weighted by atomic mass is 10.1. The van der Waals surface area contributed by atoms with Crippen LogP contribution in [0.1, 0.15) is 24.1 Å². The molecule has 0 saturated carbocycles. The Morgan fingerprint density at radius 3 is 2.63 bits per heavy atom. The fourth-order valence-corrected chi connectivity index (χ4v) is 1.89. The SMILES string of the molecule is CC(Nc1ccc(CC(N)=O)cc1)c1cccnc1. The second-order valence-corrected chi connectivity index (χ2v) is 4.49. The number of hydrogen-bond acceptors (Lipinski definition) is 3. The molecule has 1 amide bonds. The van der Waals surface area contributed by atoms with Crippen molar-refractivity contribution < 1.29 is 4.79 Å². The number of nitrogens with one attached hydrogen (secondary N) is 1. The molecule has 1 heterocycles. The second kappa shape index (κ2) is 6.00. The fraction of sp³-hybridized carbons (Fsp3) is 0.200. The van der Waals surface area contributed by atoms with E-state index in [2.05, 4.69) is 17.2 Å². The van der Waals surface area contributed by atoms with Crippen LogP contribution < -0.4 is 11.1 Å². The van der Waals surface area contributed by atoms with Gasteiger partial charge in [-0.2, -0.15) is 0 Å². The van der Waals surface area contributed by atoms with Gasteiger partial charge in [-0.15, -0.1) is 0 Å². The lowest BCUT2D eigenvalue weighted by Crippen LogP contribution is -2.13. The van der Waals surface area contributed by atoms with Crippen LogP contribution in [0.2, 0.25) is 0 Å². The van der Waals surface area contributed by atoms with Gasteiger partial charge in [0.1, 0.15) is 0 Å². The molecule has 0 radical (unpaired) electrons. The summed E-state index contributed by atoms with van der Waals surface area (Å²) in [6.45, 7) is 2.08. The van der Waals surface area contributed by atoms with Gasteiger partial charge in [-0.05, 0) is 36.2 Å². The standard InChI is InChI=1S/C15H17N3O/c1-11(13-3-2-8-17-10-13)18-14-6-4-12(5-7-14)9-15(16)19/h2-8,10-11,18H,9H2,1H3,(H2,16,19). The van der Waals surface area contributed by atoms with E-state index < -0.39 is 0 Å². The van der Waals surface area contributed by atoms with Gasteiger partial charge in [0.15, 0.2) is 0 Å². The first-order chi connectivity index (χ1) is 9.15. The molecule has 1 aromatic carbocycles. The van der Waals surface area contributed by atoms with Crippen LogP contribution in [-0.4, -0.2) is 10.9 Å². The number of primary amides is 1. The van der Waals surface area contributed by atoms with Crippen molar-refractivity contribution in [2.75, 3.05) is 5.32 Å². The fourth-order valence-electron chi connectivity index (χ4n) is 1.89. The summed E-state index contributed by atoms with van der Waals surface area (Å²) in [6.07, 6.45) is 3.88. The average molecular weight is 255 g/mol. The molecule has 4 nitrogen and oxygen atoms in total. The highest BCUT2D eigenvalue weighted by molar-refractivity contribution is 5.76. The highest BCUT2D eigenvalue weighted by atomic mass is 16.1. The Hall–Kier alpha value is -2.36. The topological polar surface area (TPSA) is 68.0 Å². The maximum absolute atomic E-state index is 10.8. The molecule has 2 rings (SSSR count). The van der Waals surface area contributed by atoms with E-state index in [0.717, 1.165) is 16.8 Å². The smallest absolute Gasteiger partial charge is 0.221 e. The Labute approximate surface area is 112 Å². The van der Waals surface area contributed by atoms with Gasteiger partial charge in [-0.25, -0.2) is 0 Å². The molecule has 4 heteroatoms. The first-order valence-electron chi connectivity index (χ1n) is 6.19. The number of anilines is 1. The summed E-state index contributed by atoms with van der Waals surface area (Å²) in [5, 5.41) is 3.38. The Balaban J connectivity index is 2.01. The summed E-state index contributed by atoms with van der Waals surface area (Å²) in [7, 11) is 0. The van der Waals surface area contributed by atoms with Crippen molar-refractivity contribution in [1.82, 2.24) is 4.98 Å². The molecule has 0 fully saturated rings. The molecule has 0 saturated heterocycles. The summed E-state index contributed by atoms with van der Waals surface area (Å²) in [5.74, 6) is -0.315. The van der Waals surface area contributed by atoms with Crippen LogP contribution in [0.5, 0.6) is 0 Å². The summed E-state index contributed by atoms with van der Waals surface area (Å²) >= 11 is 0. The molecule has 98 valence electrons. The minimum atomic E-state index is -0.315. The van der Waals surface area contributed by atoms with Crippen LogP contribution in [0.25, 0.3) is 0 Å². The number of nitrogens with two attached hydrogens (primary N) is 1. The largest absolute Gasteiger partial charge is 0.378 e. The van der Waals surface area contributed by atoms with Crippen LogP contribution in [-0.2, 0) is 11.2 Å². The number of hydrogen-bond donors (Lipinski definition) is 2. The molecule has 1 unspecified atom stereocenters. The second-order valence-electron chi connectivity index (χ2n) is 4.49. The predicted octanol–water partition coefficient (Wildman–Crippen LogP) is 2.28. The van der Waals surface area contributed by atoms with Crippen molar-refractivity contribution in [1.29, 1.82) is 0 Å². The normalized spacial score (nSPS) is 11.8. The Kier molecular flexibility index (Phi) is 4.13. The summed E-state index contributed by atoms with van der Waals surface area (Å²) in [6, 6.07) is 11.8. The minimum absolute atomic E-state index is 0.177. The molecule has 19 heavy (non-hydrogen) atoms. The number of amides is 1. The molecular weight excluding hydrogens is 238 g/mol. The van der Waals surface area contributed by atoms with Crippen LogP contribution >= 0.6 is 0 Å². The average Bonchev–Trinajstić information content (AvgIpc) is 2.41. The lowest BCUT2D eigenvalue weighted by molar-refractivity contribution is -0.117. The molecule has 0 aliphatic heterocycles. The maximum Gasteiger partial charge on any atom is 0.221 e. The van der Waals surface area contributed by atoms with Crippen LogP contribution in [0.3, 0.4) is 0 Å². The zero-order valence-electron chi connectivity index (χ0n) is 10.8. The molecule has 0 aliphatic carbocycles. The van der Waals surface area contributed by atoms with E-state index in [0.29, 0.717) is 0 Å². The number of nitrogens with zero attached hydrogens (tertiary/aromatic N) is 1. The first kappa shape index (κ1) is 13.1. The molecule has 2 aromatic rings. The summed E-state index contributed by atoms with van der Waals surface area (Å²) in [5.41, 5.74) is 8.21. The van der Waals surface area contributed by atoms with E-state index in [1.165, 1.54) is 0 Å². The number of carbonyl (C=O) groups is 1. The van der Waals surface area contributed by atoms with Gasteiger partial charge >= 0.3 is 0 Å². The Morgan fingerprint density at radius 1 is 1.32 bits per heavy atom. The zero-order chi connectivity index (χ0) is 13.7. The quantitative estimate of drug-likeness (QED) is 0.861. The molecule has 0 aliphatic rings. The summed E-state index contributed by atoms with van der Waals surface area (Å²) < 4.78 is 0. The van der Waals surface area contributed by atoms with Gasteiger partial charge in [0.2, 0.25) is 5.91 Å². The zero-order valence-corrected chi connectivity index (χ0v) is 10.8. The Morgan fingerprint density at radius 2 is 2.05 bits per heavy atom. The first-order valence-corrected chi connectivity index (χ1v) is 6.19. The molecular formula is C15H17N3O. The number of rotatable bonds is 5. The van der Waals surface area contributed by atoms with E-state index in [1.807, 2.05) is 42.6 Å². The third-order valence-corrected chi connectivity index (χ3v) is 2.90. The van der Waals surface area contributed by atoms with Gasteiger partial charge in [0, 0.05) is 18.1 Å². The molecule has 0 bridgehead atoms. The van der Waals surface area contributed by atoms with E-state index in [9.17, 15) is 4.79 Å². The van der Waals surface area contributed by atoms with Gasteiger partial charge in [0.05, 0.1) is 12.5 Å². The monoisotopic (exact) mass is 255 g/mol. The Bertz CT molecular complexity index is 537. The van der Waals surface area contributed by atoms with Gasteiger partial charge in [-0.1, -0.05) is 18.2 Å². The van der Waals surface area contributed by atoms with E-state index >= 15 is 0 Å². The van der Waals surface area contributed by atoms with Crippen molar-refractivity contribution in [3.63, 3.8) is 0 Å². The number of aromatic nitrogens is 1. The number of benzene rings is 1. The molecule has 1 aromatic heterocycles. The van der Waals surface area contributed by atoms with Gasteiger partial charge in [0.25, 0.3) is 0 Å². The van der Waals surface area contributed by atoms with Crippen molar-refractivity contribution in [3.05, 3.63) is 59.9 Å². The molecule has 3 N–H and O–H groups in total. The van der Waals surface area contributed by atoms with Crippen LogP contribution in [0.15, 0.2) is 48.8 Å². The van der Waals surface area contributed by atoms with E-state index in [-0.39, 0.29) is 18.4 Å². The minimum Gasteiger partial charge on any atom is -0.378 e. The van der Waals surface area contributed by atoms with Crippen LogP contribution in [0.4, 0.5) is 5.69 Å². The molecule has 1 atom stereocenters. The number of pyridine rings is 1. The maximum atomic E-state index is 10.8. The van der Waals surface area contributed by atoms with E-state index in [4.69, 9.17) is 5.73 Å². The van der Waals surface area contributed by atoms with E-state index in [1.54, 1.807) is 6.20 Å². The van der Waals surface area contributed by atoms with Crippen molar-refractivity contribution >= 4 is 11.6 Å². The van der Waals surface area contributed by atoms with Gasteiger partial charge in [-0.3, -0.25) is 9.78 Å². The van der Waals surface area contributed by atoms with Crippen molar-refractivity contribution in [3.8, 4) is 0 Å². The van der Waals surface area contributed by atoms with Gasteiger partial charge < -0.3 is 11.1 Å². The lowest BCUT2D eigenvalue weighted by Gasteiger charge is -2.15. The predicted molar refractivity (Wildman–Crippen MR) is 75.6 cm³/mol.